The van der Waals surface area contributed by atoms with E-state index in [1.165, 1.54) is 11.8 Å². The predicted octanol–water partition coefficient (Wildman–Crippen LogP) is 5.01. The summed E-state index contributed by atoms with van der Waals surface area (Å²) < 4.78 is 7.62. The summed E-state index contributed by atoms with van der Waals surface area (Å²) in [6, 6.07) is 15.5. The molecular weight excluding hydrogens is 482 g/mol. The van der Waals surface area contributed by atoms with Gasteiger partial charge in [0.05, 0.1) is 5.75 Å². The highest BCUT2D eigenvalue weighted by atomic mass is 79.9. The van der Waals surface area contributed by atoms with Crippen LogP contribution in [0.25, 0.3) is 11.5 Å². The van der Waals surface area contributed by atoms with Crippen LogP contribution in [0, 0.1) is 0 Å². The maximum absolute atomic E-state index is 12.3. The average molecular weight is 497 g/mol. The Kier molecular flexibility index (Phi) is 6.50. The Bertz CT molecular complexity index is 882. The Morgan fingerprint density at radius 2 is 1.65 bits per heavy atom. The molecule has 0 bridgehead atoms. The number of carbonyl (C=O) groups is 1. The summed E-state index contributed by atoms with van der Waals surface area (Å²) in [7, 11) is 1.78. The van der Waals surface area contributed by atoms with Gasteiger partial charge in [-0.1, -0.05) is 55.8 Å². The van der Waals surface area contributed by atoms with Crippen LogP contribution in [0.4, 0.5) is 0 Å². The van der Waals surface area contributed by atoms with E-state index in [1.807, 2.05) is 48.5 Å². The van der Waals surface area contributed by atoms with Crippen molar-refractivity contribution in [3.63, 3.8) is 0 Å². The van der Waals surface area contributed by atoms with Crippen molar-refractivity contribution in [1.82, 2.24) is 15.1 Å². The fraction of sp³-hybridized carbons (Fsp3) is 0.167. The third-order valence-corrected chi connectivity index (χ3v) is 5.44. The molecule has 0 fully saturated rings. The molecule has 0 aliphatic heterocycles. The highest BCUT2D eigenvalue weighted by Gasteiger charge is 2.14. The normalized spacial score (nSPS) is 10.7. The molecule has 134 valence electrons. The highest BCUT2D eigenvalue weighted by molar-refractivity contribution is 9.10. The molecule has 0 N–H and O–H groups in total. The molecule has 0 aliphatic carbocycles. The van der Waals surface area contributed by atoms with Crippen molar-refractivity contribution in [1.29, 1.82) is 0 Å². The summed E-state index contributed by atoms with van der Waals surface area (Å²) in [5.41, 5.74) is 1.91. The summed E-state index contributed by atoms with van der Waals surface area (Å²) in [6.07, 6.45) is 0. The van der Waals surface area contributed by atoms with E-state index in [9.17, 15) is 4.79 Å². The van der Waals surface area contributed by atoms with Gasteiger partial charge in [0, 0.05) is 28.1 Å². The first-order chi connectivity index (χ1) is 12.5. The van der Waals surface area contributed by atoms with Gasteiger partial charge < -0.3 is 9.32 Å². The van der Waals surface area contributed by atoms with Gasteiger partial charge in [0.1, 0.15) is 0 Å². The molecule has 0 saturated carbocycles. The van der Waals surface area contributed by atoms with Gasteiger partial charge in [-0.15, -0.1) is 10.2 Å². The quantitative estimate of drug-likeness (QED) is 0.449. The van der Waals surface area contributed by atoms with E-state index in [1.54, 1.807) is 11.9 Å². The highest BCUT2D eigenvalue weighted by Crippen LogP contribution is 2.24. The number of hydrogen-bond acceptors (Lipinski definition) is 5. The van der Waals surface area contributed by atoms with Crippen molar-refractivity contribution in [2.24, 2.45) is 0 Å². The van der Waals surface area contributed by atoms with Crippen LogP contribution in [0.15, 0.2) is 67.1 Å². The average Bonchev–Trinajstić information content (AvgIpc) is 3.11. The van der Waals surface area contributed by atoms with Gasteiger partial charge in [0.15, 0.2) is 0 Å². The second-order valence-electron chi connectivity index (χ2n) is 5.54. The number of amides is 1. The van der Waals surface area contributed by atoms with Gasteiger partial charge in [-0.3, -0.25) is 4.79 Å². The molecule has 5 nitrogen and oxygen atoms in total. The second-order valence-corrected chi connectivity index (χ2v) is 8.30. The lowest BCUT2D eigenvalue weighted by molar-refractivity contribution is -0.127. The minimum atomic E-state index is 0.00121. The van der Waals surface area contributed by atoms with Crippen molar-refractivity contribution in [2.45, 2.75) is 11.8 Å². The topological polar surface area (TPSA) is 59.2 Å². The molecule has 3 rings (SSSR count). The van der Waals surface area contributed by atoms with Gasteiger partial charge >= 0.3 is 0 Å². The summed E-state index contributed by atoms with van der Waals surface area (Å²) in [5, 5.41) is 8.41. The van der Waals surface area contributed by atoms with Crippen molar-refractivity contribution in [3.8, 4) is 11.5 Å². The van der Waals surface area contributed by atoms with E-state index in [0.717, 1.165) is 20.1 Å². The SMILES string of the molecule is CN(Cc1ccc(Br)cc1)C(=O)CSc1nnc(-c2ccc(Br)cc2)o1. The molecule has 26 heavy (non-hydrogen) atoms. The molecular formula is C18H15Br2N3O2S. The monoisotopic (exact) mass is 495 g/mol. The van der Waals surface area contributed by atoms with E-state index in [2.05, 4.69) is 42.1 Å². The minimum absolute atomic E-state index is 0.00121. The zero-order chi connectivity index (χ0) is 18.5. The zero-order valence-corrected chi connectivity index (χ0v) is 17.8. The lowest BCUT2D eigenvalue weighted by atomic mass is 10.2. The lowest BCUT2D eigenvalue weighted by Crippen LogP contribution is -2.27. The van der Waals surface area contributed by atoms with Gasteiger partial charge in [-0.05, 0) is 42.0 Å². The number of thioether (sulfide) groups is 1. The Balaban J connectivity index is 1.54. The first kappa shape index (κ1) is 19.1. The molecule has 0 atom stereocenters. The molecule has 1 aromatic heterocycles. The van der Waals surface area contributed by atoms with Crippen LogP contribution in [0.1, 0.15) is 5.56 Å². The first-order valence-corrected chi connectivity index (χ1v) is 10.3. The van der Waals surface area contributed by atoms with Gasteiger partial charge in [0.25, 0.3) is 5.22 Å². The Labute approximate surface area is 172 Å². The number of aromatic nitrogens is 2. The molecule has 3 aromatic rings. The largest absolute Gasteiger partial charge is 0.411 e. The lowest BCUT2D eigenvalue weighted by Gasteiger charge is -2.16. The van der Waals surface area contributed by atoms with Gasteiger partial charge in [0.2, 0.25) is 11.8 Å². The van der Waals surface area contributed by atoms with Crippen LogP contribution in [0.3, 0.4) is 0 Å². The Hall–Kier alpha value is -1.64. The van der Waals surface area contributed by atoms with Crippen LogP contribution < -0.4 is 0 Å². The van der Waals surface area contributed by atoms with Crippen LogP contribution in [-0.4, -0.2) is 33.8 Å². The smallest absolute Gasteiger partial charge is 0.277 e. The summed E-state index contributed by atoms with van der Waals surface area (Å²) in [5.74, 6) is 0.687. The van der Waals surface area contributed by atoms with Crippen molar-refractivity contribution < 1.29 is 9.21 Å². The fourth-order valence-electron chi connectivity index (χ4n) is 2.16. The number of carbonyl (C=O) groups excluding carboxylic acids is 1. The van der Waals surface area contributed by atoms with Crippen LogP contribution >= 0.6 is 43.6 Å². The number of halogens is 2. The van der Waals surface area contributed by atoms with E-state index in [4.69, 9.17) is 4.42 Å². The second kappa shape index (κ2) is 8.83. The molecule has 0 radical (unpaired) electrons. The third kappa shape index (κ3) is 5.18. The molecule has 2 aromatic carbocycles. The molecule has 1 amide bonds. The molecule has 0 aliphatic rings. The number of rotatable bonds is 6. The first-order valence-electron chi connectivity index (χ1n) is 7.72. The maximum Gasteiger partial charge on any atom is 0.277 e. The van der Waals surface area contributed by atoms with E-state index in [0.29, 0.717) is 17.7 Å². The van der Waals surface area contributed by atoms with Crippen molar-refractivity contribution in [3.05, 3.63) is 63.0 Å². The summed E-state index contributed by atoms with van der Waals surface area (Å²) in [6.45, 7) is 0.556. The van der Waals surface area contributed by atoms with E-state index >= 15 is 0 Å². The fourth-order valence-corrected chi connectivity index (χ4v) is 3.40. The Morgan fingerprint density at radius 1 is 1.04 bits per heavy atom. The molecule has 0 saturated heterocycles. The molecule has 0 unspecified atom stereocenters. The molecule has 0 spiro atoms. The zero-order valence-electron chi connectivity index (χ0n) is 13.9. The van der Waals surface area contributed by atoms with Crippen LogP contribution in [0.5, 0.6) is 0 Å². The van der Waals surface area contributed by atoms with Crippen molar-refractivity contribution >= 4 is 49.5 Å². The standard InChI is InChI=1S/C18H15Br2N3O2S/c1-23(10-12-2-6-14(19)7-3-12)16(24)11-26-18-22-21-17(25-18)13-4-8-15(20)9-5-13/h2-9H,10-11H2,1H3. The Morgan fingerprint density at radius 3 is 2.31 bits per heavy atom. The number of nitrogens with zero attached hydrogens (tertiary/aromatic N) is 3. The summed E-state index contributed by atoms with van der Waals surface area (Å²) in [4.78, 5) is 14.0. The predicted molar refractivity (Wildman–Crippen MR) is 109 cm³/mol. The molecule has 8 heteroatoms. The third-order valence-electron chi connectivity index (χ3n) is 3.58. The van der Waals surface area contributed by atoms with Crippen molar-refractivity contribution in [2.75, 3.05) is 12.8 Å². The minimum Gasteiger partial charge on any atom is -0.411 e. The van der Waals surface area contributed by atoms with Crippen LogP contribution in [0.2, 0.25) is 0 Å². The molecule has 1 heterocycles. The number of benzene rings is 2. The van der Waals surface area contributed by atoms with Gasteiger partial charge in [-0.2, -0.15) is 0 Å². The number of hydrogen-bond donors (Lipinski definition) is 0. The van der Waals surface area contributed by atoms with E-state index < -0.39 is 0 Å². The van der Waals surface area contributed by atoms with Gasteiger partial charge in [-0.25, -0.2) is 0 Å². The summed E-state index contributed by atoms with van der Waals surface area (Å²) >= 11 is 8.03. The van der Waals surface area contributed by atoms with E-state index in [-0.39, 0.29) is 11.7 Å². The maximum atomic E-state index is 12.3. The van der Waals surface area contributed by atoms with Crippen LogP contribution in [-0.2, 0) is 11.3 Å².